The Kier molecular flexibility index (Phi) is 5.76. The summed E-state index contributed by atoms with van der Waals surface area (Å²) in [5.74, 6) is 0.602. The number of nitrogens with zero attached hydrogens (tertiary/aromatic N) is 2. The molecule has 0 amide bonds. The van der Waals surface area contributed by atoms with Crippen molar-refractivity contribution < 1.29 is 9.13 Å². The number of halogens is 1. The number of hydrogen-bond acceptors (Lipinski definition) is 5. The van der Waals surface area contributed by atoms with E-state index in [0.717, 1.165) is 38.0 Å². The fourth-order valence-electron chi connectivity index (χ4n) is 3.61. The predicted molar refractivity (Wildman–Crippen MR) is 112 cm³/mol. The molecule has 6 nitrogen and oxygen atoms in total. The molecule has 4 rings (SSSR count). The first kappa shape index (κ1) is 19.4. The molecular weight excluding hydrogens is 371 g/mol. The first-order chi connectivity index (χ1) is 14.1. The number of piperidine rings is 1. The van der Waals surface area contributed by atoms with E-state index in [-0.39, 0.29) is 10.9 Å². The molecule has 3 aromatic rings. The number of H-pyrrole nitrogens is 1. The van der Waals surface area contributed by atoms with Crippen LogP contribution in [-0.2, 0) is 6.61 Å². The zero-order chi connectivity index (χ0) is 20.2. The van der Waals surface area contributed by atoms with Crippen LogP contribution in [0, 0.1) is 11.7 Å². The van der Waals surface area contributed by atoms with Crippen LogP contribution >= 0.6 is 0 Å². The van der Waals surface area contributed by atoms with Crippen molar-refractivity contribution in [3.63, 3.8) is 0 Å². The quantitative estimate of drug-likeness (QED) is 0.668. The lowest BCUT2D eigenvalue weighted by Crippen LogP contribution is -2.33. The minimum Gasteiger partial charge on any atom is -0.489 e. The predicted octanol–water partition coefficient (Wildman–Crippen LogP) is 3.39. The molecule has 1 aliphatic rings. The number of hydrogen-bond donors (Lipinski definition) is 2. The normalized spacial score (nSPS) is 15.5. The zero-order valence-electron chi connectivity index (χ0n) is 16.5. The van der Waals surface area contributed by atoms with Crippen molar-refractivity contribution >= 4 is 16.9 Å². The smallest absolute Gasteiger partial charge is 0.263 e. The fraction of sp³-hybridized carbons (Fsp3) is 0.364. The van der Waals surface area contributed by atoms with Gasteiger partial charge in [-0.05, 0) is 44.5 Å². The van der Waals surface area contributed by atoms with Gasteiger partial charge in [0, 0.05) is 18.7 Å². The van der Waals surface area contributed by atoms with Crippen molar-refractivity contribution in [2.45, 2.75) is 19.4 Å². The summed E-state index contributed by atoms with van der Waals surface area (Å²) >= 11 is 0. The number of aromatic nitrogens is 2. The monoisotopic (exact) mass is 396 g/mol. The molecule has 152 valence electrons. The van der Waals surface area contributed by atoms with Crippen LogP contribution in [0.25, 0.3) is 10.9 Å². The number of fused-ring (bicyclic) bond motifs is 1. The van der Waals surface area contributed by atoms with E-state index < -0.39 is 11.4 Å². The number of likely N-dealkylation sites (tertiary alicyclic amines) is 1. The first-order valence-electron chi connectivity index (χ1n) is 9.91. The van der Waals surface area contributed by atoms with Gasteiger partial charge in [0.2, 0.25) is 5.95 Å². The second-order valence-electron chi connectivity index (χ2n) is 7.62. The number of aromatic amines is 1. The summed E-state index contributed by atoms with van der Waals surface area (Å²) in [5.41, 5.74) is 0.767. The van der Waals surface area contributed by atoms with Crippen molar-refractivity contribution in [3.8, 4) is 5.75 Å². The van der Waals surface area contributed by atoms with Gasteiger partial charge >= 0.3 is 0 Å². The zero-order valence-corrected chi connectivity index (χ0v) is 16.5. The highest BCUT2D eigenvalue weighted by Gasteiger charge is 2.17. The molecule has 7 heteroatoms. The number of anilines is 1. The van der Waals surface area contributed by atoms with Gasteiger partial charge in [-0.2, -0.15) is 0 Å². The Bertz CT molecular complexity index is 1030. The van der Waals surface area contributed by atoms with Gasteiger partial charge in [-0.1, -0.05) is 30.3 Å². The van der Waals surface area contributed by atoms with Crippen LogP contribution in [-0.4, -0.2) is 41.5 Å². The van der Waals surface area contributed by atoms with E-state index in [9.17, 15) is 9.18 Å². The average Bonchev–Trinajstić information content (AvgIpc) is 2.72. The Hall–Kier alpha value is -2.93. The van der Waals surface area contributed by atoms with Crippen LogP contribution in [0.1, 0.15) is 18.4 Å². The molecule has 0 radical (unpaired) electrons. The molecule has 0 spiro atoms. The van der Waals surface area contributed by atoms with Crippen LogP contribution in [0.15, 0.2) is 47.3 Å². The minimum atomic E-state index is -0.638. The maximum atomic E-state index is 14.5. The molecule has 0 atom stereocenters. The third-order valence-corrected chi connectivity index (χ3v) is 5.38. The molecule has 1 aromatic heterocycles. The summed E-state index contributed by atoms with van der Waals surface area (Å²) in [7, 11) is 2.12. The third-order valence-electron chi connectivity index (χ3n) is 5.38. The summed E-state index contributed by atoms with van der Waals surface area (Å²) in [4.78, 5) is 21.8. The lowest BCUT2D eigenvalue weighted by atomic mass is 9.97. The van der Waals surface area contributed by atoms with Crippen LogP contribution in [0.2, 0.25) is 0 Å². The second-order valence-corrected chi connectivity index (χ2v) is 7.62. The van der Waals surface area contributed by atoms with Crippen molar-refractivity contribution in [2.75, 3.05) is 32.0 Å². The van der Waals surface area contributed by atoms with E-state index in [0.29, 0.717) is 24.2 Å². The Morgan fingerprint density at radius 1 is 1.24 bits per heavy atom. The standard InChI is InChI=1S/C22H25FN4O2/c1-27-9-7-15(8-10-27)13-24-22-25-19-12-17(11-18(23)20(19)21(28)26-22)29-14-16-5-3-2-4-6-16/h2-6,11-12,15H,7-10,13-14H2,1H3,(H2,24,25,26,28). The number of benzene rings is 2. The highest BCUT2D eigenvalue weighted by atomic mass is 19.1. The van der Waals surface area contributed by atoms with E-state index in [1.165, 1.54) is 6.07 Å². The number of ether oxygens (including phenoxy) is 1. The lowest BCUT2D eigenvalue weighted by molar-refractivity contribution is 0.226. The molecule has 1 aliphatic heterocycles. The van der Waals surface area contributed by atoms with Crippen LogP contribution in [0.5, 0.6) is 5.75 Å². The Morgan fingerprint density at radius 2 is 2.00 bits per heavy atom. The first-order valence-corrected chi connectivity index (χ1v) is 9.91. The maximum absolute atomic E-state index is 14.5. The van der Waals surface area contributed by atoms with E-state index in [1.54, 1.807) is 6.07 Å². The fourth-order valence-corrected chi connectivity index (χ4v) is 3.61. The Balaban J connectivity index is 1.51. The largest absolute Gasteiger partial charge is 0.489 e. The molecule has 29 heavy (non-hydrogen) atoms. The topological polar surface area (TPSA) is 70.2 Å². The molecule has 0 bridgehead atoms. The Morgan fingerprint density at radius 3 is 2.76 bits per heavy atom. The SMILES string of the molecule is CN1CCC(CNc2nc3cc(OCc4ccccc4)cc(F)c3c(=O)[nH]2)CC1. The van der Waals surface area contributed by atoms with Crippen molar-refractivity contribution in [2.24, 2.45) is 5.92 Å². The highest BCUT2D eigenvalue weighted by Crippen LogP contribution is 2.23. The molecule has 1 saturated heterocycles. The summed E-state index contributed by atoms with van der Waals surface area (Å²) in [6.45, 7) is 3.19. The van der Waals surface area contributed by atoms with E-state index in [1.807, 2.05) is 30.3 Å². The second kappa shape index (κ2) is 8.61. The number of nitrogens with one attached hydrogen (secondary N) is 2. The summed E-state index contributed by atoms with van der Waals surface area (Å²) in [6.07, 6.45) is 2.21. The molecule has 0 aliphatic carbocycles. The van der Waals surface area contributed by atoms with Gasteiger partial charge < -0.3 is 15.0 Å². The van der Waals surface area contributed by atoms with E-state index in [4.69, 9.17) is 4.74 Å². The molecule has 2 aromatic carbocycles. The van der Waals surface area contributed by atoms with Gasteiger partial charge in [0.25, 0.3) is 5.56 Å². The van der Waals surface area contributed by atoms with E-state index >= 15 is 0 Å². The van der Waals surface area contributed by atoms with Crippen molar-refractivity contribution in [1.29, 1.82) is 0 Å². The summed E-state index contributed by atoms with van der Waals surface area (Å²) in [6, 6.07) is 12.5. The molecule has 0 unspecified atom stereocenters. The van der Waals surface area contributed by atoms with Crippen molar-refractivity contribution in [1.82, 2.24) is 14.9 Å². The van der Waals surface area contributed by atoms with Gasteiger partial charge in [0.05, 0.1) is 5.52 Å². The maximum Gasteiger partial charge on any atom is 0.263 e. The highest BCUT2D eigenvalue weighted by molar-refractivity contribution is 5.80. The van der Waals surface area contributed by atoms with Gasteiger partial charge in [-0.25, -0.2) is 9.37 Å². The summed E-state index contributed by atoms with van der Waals surface area (Å²) < 4.78 is 20.2. The van der Waals surface area contributed by atoms with Gasteiger partial charge in [0.15, 0.2) is 0 Å². The van der Waals surface area contributed by atoms with Crippen molar-refractivity contribution in [3.05, 3.63) is 64.2 Å². The van der Waals surface area contributed by atoms with Gasteiger partial charge in [0.1, 0.15) is 23.6 Å². The minimum absolute atomic E-state index is 0.0538. The van der Waals surface area contributed by atoms with Gasteiger partial charge in [-0.3, -0.25) is 9.78 Å². The summed E-state index contributed by atoms with van der Waals surface area (Å²) in [5, 5.41) is 3.16. The van der Waals surface area contributed by atoms with Crippen LogP contribution in [0.3, 0.4) is 0 Å². The average molecular weight is 396 g/mol. The van der Waals surface area contributed by atoms with Gasteiger partial charge in [-0.15, -0.1) is 0 Å². The lowest BCUT2D eigenvalue weighted by Gasteiger charge is -2.28. The Labute approximate surface area is 168 Å². The molecule has 0 saturated carbocycles. The molecule has 1 fully saturated rings. The van der Waals surface area contributed by atoms with E-state index in [2.05, 4.69) is 27.2 Å². The molecule has 2 heterocycles. The molecular formula is C22H25FN4O2. The van der Waals surface area contributed by atoms with Crippen LogP contribution < -0.4 is 15.6 Å². The third kappa shape index (κ3) is 4.74. The number of rotatable bonds is 6. The van der Waals surface area contributed by atoms with Crippen LogP contribution in [0.4, 0.5) is 10.3 Å². The molecule has 2 N–H and O–H groups in total.